The summed E-state index contributed by atoms with van der Waals surface area (Å²) in [4.78, 5) is 2.64. The minimum Gasteiger partial charge on any atom is -0.383 e. The van der Waals surface area contributed by atoms with E-state index in [9.17, 15) is 0 Å². The zero-order valence-corrected chi connectivity index (χ0v) is 10.7. The van der Waals surface area contributed by atoms with Gasteiger partial charge < -0.3 is 10.5 Å². The Labute approximate surface area is 99.3 Å². The fourth-order valence-corrected chi connectivity index (χ4v) is 2.98. The van der Waals surface area contributed by atoms with Crippen LogP contribution >= 0.6 is 0 Å². The molecule has 1 saturated heterocycles. The van der Waals surface area contributed by atoms with Gasteiger partial charge in [-0.05, 0) is 50.1 Å². The lowest BCUT2D eigenvalue weighted by molar-refractivity contribution is 0.0339. The van der Waals surface area contributed by atoms with Crippen LogP contribution < -0.4 is 5.73 Å². The summed E-state index contributed by atoms with van der Waals surface area (Å²) < 4.78 is 5.38. The fraction of sp³-hybridized carbons (Fsp3) is 1.00. The SMILES string of the molecule is COCC(C1CC1)N1CCC(C)C(CN)C1. The molecule has 3 atom stereocenters. The van der Waals surface area contributed by atoms with Gasteiger partial charge in [-0.1, -0.05) is 6.92 Å². The van der Waals surface area contributed by atoms with Crippen LogP contribution in [-0.2, 0) is 4.74 Å². The number of likely N-dealkylation sites (tertiary alicyclic amines) is 1. The van der Waals surface area contributed by atoms with Gasteiger partial charge in [-0.3, -0.25) is 4.90 Å². The van der Waals surface area contributed by atoms with Crippen molar-refractivity contribution >= 4 is 0 Å². The van der Waals surface area contributed by atoms with Crippen LogP contribution in [0.5, 0.6) is 0 Å². The third-order valence-electron chi connectivity index (χ3n) is 4.42. The van der Waals surface area contributed by atoms with E-state index in [0.717, 1.165) is 25.0 Å². The fourth-order valence-electron chi connectivity index (χ4n) is 2.98. The molecule has 3 unspecified atom stereocenters. The van der Waals surface area contributed by atoms with Gasteiger partial charge in [0.1, 0.15) is 0 Å². The van der Waals surface area contributed by atoms with Crippen LogP contribution in [0.4, 0.5) is 0 Å². The van der Waals surface area contributed by atoms with Gasteiger partial charge in [0.05, 0.1) is 6.61 Å². The van der Waals surface area contributed by atoms with Crippen LogP contribution in [0.25, 0.3) is 0 Å². The van der Waals surface area contributed by atoms with Crippen molar-refractivity contribution in [2.45, 2.75) is 32.2 Å². The maximum Gasteiger partial charge on any atom is 0.0620 e. The standard InChI is InChI=1S/C13H26N2O/c1-10-5-6-15(8-12(10)7-14)13(9-16-2)11-3-4-11/h10-13H,3-9,14H2,1-2H3. The van der Waals surface area contributed by atoms with Gasteiger partial charge in [-0.25, -0.2) is 0 Å². The summed E-state index contributed by atoms with van der Waals surface area (Å²) in [7, 11) is 1.82. The van der Waals surface area contributed by atoms with Gasteiger partial charge >= 0.3 is 0 Å². The van der Waals surface area contributed by atoms with E-state index < -0.39 is 0 Å². The molecule has 16 heavy (non-hydrogen) atoms. The number of piperidine rings is 1. The largest absolute Gasteiger partial charge is 0.383 e. The first kappa shape index (κ1) is 12.3. The Balaban J connectivity index is 1.91. The highest BCUT2D eigenvalue weighted by Gasteiger charge is 2.38. The first-order valence-electron chi connectivity index (χ1n) is 6.69. The molecule has 0 aromatic carbocycles. The monoisotopic (exact) mass is 226 g/mol. The Hall–Kier alpha value is -0.120. The lowest BCUT2D eigenvalue weighted by atomic mass is 9.86. The third-order valence-corrected chi connectivity index (χ3v) is 4.42. The first-order chi connectivity index (χ1) is 7.76. The predicted octanol–water partition coefficient (Wildman–Crippen LogP) is 1.33. The number of nitrogens with zero attached hydrogens (tertiary/aromatic N) is 1. The maximum absolute atomic E-state index is 5.86. The minimum atomic E-state index is 0.659. The van der Waals surface area contributed by atoms with Gasteiger partial charge in [0.2, 0.25) is 0 Å². The average molecular weight is 226 g/mol. The van der Waals surface area contributed by atoms with Crippen molar-refractivity contribution in [2.75, 3.05) is 33.4 Å². The molecule has 0 aromatic heterocycles. The number of ether oxygens (including phenoxy) is 1. The lowest BCUT2D eigenvalue weighted by Gasteiger charge is -2.41. The topological polar surface area (TPSA) is 38.5 Å². The zero-order valence-electron chi connectivity index (χ0n) is 10.7. The van der Waals surface area contributed by atoms with Gasteiger partial charge in [0, 0.05) is 19.7 Å². The first-order valence-corrected chi connectivity index (χ1v) is 6.69. The third kappa shape index (κ3) is 2.76. The van der Waals surface area contributed by atoms with Crippen LogP contribution in [-0.4, -0.2) is 44.3 Å². The second-order valence-corrected chi connectivity index (χ2v) is 5.62. The van der Waals surface area contributed by atoms with Crippen LogP contribution in [0.2, 0.25) is 0 Å². The Morgan fingerprint density at radius 1 is 1.38 bits per heavy atom. The van der Waals surface area contributed by atoms with Crippen molar-refractivity contribution in [1.29, 1.82) is 0 Å². The molecule has 0 aromatic rings. The van der Waals surface area contributed by atoms with Crippen molar-refractivity contribution < 1.29 is 4.74 Å². The maximum atomic E-state index is 5.86. The zero-order chi connectivity index (χ0) is 11.5. The van der Waals surface area contributed by atoms with E-state index in [1.165, 1.54) is 32.4 Å². The van der Waals surface area contributed by atoms with Crippen LogP contribution in [0.15, 0.2) is 0 Å². The van der Waals surface area contributed by atoms with Crippen molar-refractivity contribution in [1.82, 2.24) is 4.90 Å². The molecule has 1 heterocycles. The molecular weight excluding hydrogens is 200 g/mol. The number of hydrogen-bond acceptors (Lipinski definition) is 3. The molecule has 2 N–H and O–H groups in total. The Morgan fingerprint density at radius 2 is 2.12 bits per heavy atom. The molecule has 94 valence electrons. The molecule has 1 saturated carbocycles. The molecule has 0 amide bonds. The van der Waals surface area contributed by atoms with Gasteiger partial charge in [0.25, 0.3) is 0 Å². The lowest BCUT2D eigenvalue weighted by Crippen LogP contribution is -2.49. The molecule has 1 aliphatic carbocycles. The van der Waals surface area contributed by atoms with E-state index >= 15 is 0 Å². The van der Waals surface area contributed by atoms with E-state index in [1.54, 1.807) is 0 Å². The number of hydrogen-bond donors (Lipinski definition) is 1. The number of methoxy groups -OCH3 is 1. The Bertz CT molecular complexity index is 218. The van der Waals surface area contributed by atoms with Crippen LogP contribution in [0, 0.1) is 17.8 Å². The van der Waals surface area contributed by atoms with Crippen molar-refractivity contribution in [3.05, 3.63) is 0 Å². The van der Waals surface area contributed by atoms with Gasteiger partial charge in [-0.15, -0.1) is 0 Å². The Kier molecular flexibility index (Phi) is 4.22. The van der Waals surface area contributed by atoms with Crippen molar-refractivity contribution in [2.24, 2.45) is 23.5 Å². The second-order valence-electron chi connectivity index (χ2n) is 5.62. The van der Waals surface area contributed by atoms with Gasteiger partial charge in [-0.2, -0.15) is 0 Å². The second kappa shape index (κ2) is 5.48. The summed E-state index contributed by atoms with van der Waals surface area (Å²) in [6.45, 7) is 6.50. The molecule has 3 heteroatoms. The van der Waals surface area contributed by atoms with Crippen molar-refractivity contribution in [3.8, 4) is 0 Å². The van der Waals surface area contributed by atoms with E-state index in [0.29, 0.717) is 12.0 Å². The minimum absolute atomic E-state index is 0.659. The van der Waals surface area contributed by atoms with Gasteiger partial charge in [0.15, 0.2) is 0 Å². The van der Waals surface area contributed by atoms with Crippen LogP contribution in [0.1, 0.15) is 26.2 Å². The number of nitrogens with two attached hydrogens (primary N) is 1. The normalized spacial score (nSPS) is 33.9. The molecule has 2 fully saturated rings. The molecule has 0 bridgehead atoms. The quantitative estimate of drug-likeness (QED) is 0.768. The molecular formula is C13H26N2O. The molecule has 1 aliphatic heterocycles. The molecule has 2 aliphatic rings. The van der Waals surface area contributed by atoms with E-state index in [1.807, 2.05) is 7.11 Å². The number of rotatable bonds is 5. The highest BCUT2D eigenvalue weighted by Crippen LogP contribution is 2.37. The Morgan fingerprint density at radius 3 is 2.69 bits per heavy atom. The van der Waals surface area contributed by atoms with Crippen LogP contribution in [0.3, 0.4) is 0 Å². The van der Waals surface area contributed by atoms with Crippen molar-refractivity contribution in [3.63, 3.8) is 0 Å². The summed E-state index contributed by atoms with van der Waals surface area (Å²) in [5.41, 5.74) is 5.86. The summed E-state index contributed by atoms with van der Waals surface area (Å²) in [6.07, 6.45) is 4.09. The molecule has 0 spiro atoms. The predicted molar refractivity (Wildman–Crippen MR) is 66.3 cm³/mol. The summed E-state index contributed by atoms with van der Waals surface area (Å²) in [5, 5.41) is 0. The molecule has 0 radical (unpaired) electrons. The van der Waals surface area contributed by atoms with E-state index in [2.05, 4.69) is 11.8 Å². The average Bonchev–Trinajstić information content (AvgIpc) is 3.11. The summed E-state index contributed by atoms with van der Waals surface area (Å²) in [5.74, 6) is 2.38. The highest BCUT2D eigenvalue weighted by atomic mass is 16.5. The summed E-state index contributed by atoms with van der Waals surface area (Å²) >= 11 is 0. The summed E-state index contributed by atoms with van der Waals surface area (Å²) in [6, 6.07) is 0.659. The molecule has 2 rings (SSSR count). The highest BCUT2D eigenvalue weighted by molar-refractivity contribution is 4.91. The smallest absolute Gasteiger partial charge is 0.0620 e. The van der Waals surface area contributed by atoms with E-state index in [4.69, 9.17) is 10.5 Å². The van der Waals surface area contributed by atoms with E-state index in [-0.39, 0.29) is 0 Å². The molecule has 3 nitrogen and oxygen atoms in total.